The molecule has 0 radical (unpaired) electrons. The fraction of sp³-hybridized carbons (Fsp3) is 0.500. The molecule has 2 N–H and O–H groups in total. The van der Waals surface area contributed by atoms with Crippen LogP contribution in [0.1, 0.15) is 12.8 Å². The van der Waals surface area contributed by atoms with E-state index in [1.54, 1.807) is 24.3 Å². The van der Waals surface area contributed by atoms with Gasteiger partial charge in [-0.25, -0.2) is 8.42 Å². The van der Waals surface area contributed by atoms with E-state index in [-0.39, 0.29) is 0 Å². The zero-order valence-electron chi connectivity index (χ0n) is 10.2. The third-order valence-electron chi connectivity index (χ3n) is 2.91. The van der Waals surface area contributed by atoms with E-state index in [4.69, 9.17) is 10.5 Å². The van der Waals surface area contributed by atoms with E-state index in [2.05, 4.69) is 0 Å². The summed E-state index contributed by atoms with van der Waals surface area (Å²) in [5, 5.41) is 0. The van der Waals surface area contributed by atoms with Crippen molar-refractivity contribution in [3.05, 3.63) is 24.3 Å². The molecule has 0 aromatic heterocycles. The molecule has 0 saturated carbocycles. The predicted octanol–water partition coefficient (Wildman–Crippen LogP) is 0.809. The highest BCUT2D eigenvalue weighted by molar-refractivity contribution is 7.89. The molecule has 1 aromatic rings. The third kappa shape index (κ3) is 2.82. The molecule has 18 heavy (non-hydrogen) atoms. The molecule has 0 unspecified atom stereocenters. The zero-order valence-corrected chi connectivity index (χ0v) is 11.0. The second-order valence-corrected chi connectivity index (χ2v) is 6.16. The Kier molecular flexibility index (Phi) is 4.21. The lowest BCUT2D eigenvalue weighted by Gasteiger charge is -2.15. The highest BCUT2D eigenvalue weighted by Gasteiger charge is 2.26. The smallest absolute Gasteiger partial charge is 0.243 e. The number of benzene rings is 1. The first-order valence-electron chi connectivity index (χ1n) is 6.07. The molecule has 1 aliphatic heterocycles. The molecule has 5 nitrogen and oxygen atoms in total. The fourth-order valence-electron chi connectivity index (χ4n) is 1.96. The van der Waals surface area contributed by atoms with Gasteiger partial charge in [-0.05, 0) is 37.1 Å². The molecule has 0 amide bonds. The van der Waals surface area contributed by atoms with Gasteiger partial charge in [0.25, 0.3) is 0 Å². The van der Waals surface area contributed by atoms with Gasteiger partial charge in [-0.15, -0.1) is 0 Å². The Balaban J connectivity index is 2.13. The van der Waals surface area contributed by atoms with Gasteiger partial charge in [-0.2, -0.15) is 4.31 Å². The van der Waals surface area contributed by atoms with Crippen molar-refractivity contribution < 1.29 is 13.2 Å². The summed E-state index contributed by atoms with van der Waals surface area (Å²) in [7, 11) is -3.32. The second-order valence-electron chi connectivity index (χ2n) is 4.22. The normalized spacial score (nSPS) is 16.9. The topological polar surface area (TPSA) is 72.6 Å². The lowest BCUT2D eigenvalue weighted by atomic mass is 10.3. The molecule has 0 bridgehead atoms. The standard InChI is InChI=1S/C12H18N2O3S/c13-7-10-17-11-3-5-12(6-4-11)18(15,16)14-8-1-2-9-14/h3-6H,1-2,7-10,13H2. The van der Waals surface area contributed by atoms with E-state index in [9.17, 15) is 8.42 Å². The van der Waals surface area contributed by atoms with Crippen molar-refractivity contribution >= 4 is 10.0 Å². The maximum atomic E-state index is 12.2. The van der Waals surface area contributed by atoms with Gasteiger partial charge >= 0.3 is 0 Å². The summed E-state index contributed by atoms with van der Waals surface area (Å²) >= 11 is 0. The Bertz CT molecular complexity index is 479. The largest absolute Gasteiger partial charge is 0.492 e. The van der Waals surface area contributed by atoms with Crippen molar-refractivity contribution in [1.29, 1.82) is 0 Å². The van der Waals surface area contributed by atoms with E-state index in [1.807, 2.05) is 0 Å². The molecule has 0 spiro atoms. The van der Waals surface area contributed by atoms with Gasteiger partial charge in [0.1, 0.15) is 12.4 Å². The SMILES string of the molecule is NCCOc1ccc(S(=O)(=O)N2CCCC2)cc1. The van der Waals surface area contributed by atoms with Crippen LogP contribution in [-0.4, -0.2) is 39.0 Å². The fourth-order valence-corrected chi connectivity index (χ4v) is 3.48. The minimum atomic E-state index is -3.32. The maximum Gasteiger partial charge on any atom is 0.243 e. The van der Waals surface area contributed by atoms with Gasteiger partial charge in [0, 0.05) is 19.6 Å². The molecule has 1 aromatic carbocycles. The average Bonchev–Trinajstić information content (AvgIpc) is 2.91. The summed E-state index contributed by atoms with van der Waals surface area (Å²) in [6.07, 6.45) is 1.88. The zero-order chi connectivity index (χ0) is 13.0. The summed E-state index contributed by atoms with van der Waals surface area (Å²) in [6, 6.07) is 6.50. The number of nitrogens with zero attached hydrogens (tertiary/aromatic N) is 1. The van der Waals surface area contributed by atoms with Crippen molar-refractivity contribution in [3.63, 3.8) is 0 Å². The molecule has 1 saturated heterocycles. The van der Waals surface area contributed by atoms with E-state index in [0.717, 1.165) is 12.8 Å². The summed E-state index contributed by atoms with van der Waals surface area (Å²) in [4.78, 5) is 0.324. The van der Waals surface area contributed by atoms with Gasteiger partial charge in [0.2, 0.25) is 10.0 Å². The van der Waals surface area contributed by atoms with Crippen molar-refractivity contribution in [1.82, 2.24) is 4.31 Å². The van der Waals surface area contributed by atoms with E-state index < -0.39 is 10.0 Å². The monoisotopic (exact) mass is 270 g/mol. The first-order valence-corrected chi connectivity index (χ1v) is 7.51. The Hall–Kier alpha value is -1.11. The van der Waals surface area contributed by atoms with Gasteiger partial charge in [-0.1, -0.05) is 0 Å². The number of sulfonamides is 1. The Morgan fingerprint density at radius 3 is 2.33 bits per heavy atom. The van der Waals surface area contributed by atoms with Crippen LogP contribution < -0.4 is 10.5 Å². The van der Waals surface area contributed by atoms with Crippen LogP contribution in [0.25, 0.3) is 0 Å². The van der Waals surface area contributed by atoms with E-state index in [1.165, 1.54) is 4.31 Å². The second kappa shape index (κ2) is 5.69. The van der Waals surface area contributed by atoms with Crippen LogP contribution >= 0.6 is 0 Å². The third-order valence-corrected chi connectivity index (χ3v) is 4.83. The van der Waals surface area contributed by atoms with Crippen LogP contribution in [0.2, 0.25) is 0 Å². The summed E-state index contributed by atoms with van der Waals surface area (Å²) < 4.78 is 31.3. The molecule has 0 atom stereocenters. The summed E-state index contributed by atoms with van der Waals surface area (Å²) in [5.74, 6) is 0.640. The van der Waals surface area contributed by atoms with Crippen molar-refractivity contribution in [2.45, 2.75) is 17.7 Å². The van der Waals surface area contributed by atoms with Crippen molar-refractivity contribution in [2.75, 3.05) is 26.2 Å². The van der Waals surface area contributed by atoms with E-state index >= 15 is 0 Å². The van der Waals surface area contributed by atoms with Gasteiger partial charge in [0.15, 0.2) is 0 Å². The summed E-state index contributed by atoms with van der Waals surface area (Å²) in [5.41, 5.74) is 5.33. The lowest BCUT2D eigenvalue weighted by molar-refractivity contribution is 0.328. The molecule has 6 heteroatoms. The minimum Gasteiger partial charge on any atom is -0.492 e. The molecule has 1 heterocycles. The van der Waals surface area contributed by atoms with Gasteiger partial charge < -0.3 is 10.5 Å². The van der Waals surface area contributed by atoms with Crippen LogP contribution in [0.4, 0.5) is 0 Å². The van der Waals surface area contributed by atoms with E-state index in [0.29, 0.717) is 36.9 Å². The summed E-state index contributed by atoms with van der Waals surface area (Å²) in [6.45, 7) is 2.10. The van der Waals surface area contributed by atoms with Crippen LogP contribution in [-0.2, 0) is 10.0 Å². The van der Waals surface area contributed by atoms with Crippen LogP contribution in [0, 0.1) is 0 Å². The molecule has 0 aliphatic carbocycles. The average molecular weight is 270 g/mol. The minimum absolute atomic E-state index is 0.324. The molecule has 1 aliphatic rings. The number of rotatable bonds is 5. The highest BCUT2D eigenvalue weighted by atomic mass is 32.2. The van der Waals surface area contributed by atoms with Crippen LogP contribution in [0.3, 0.4) is 0 Å². The number of ether oxygens (including phenoxy) is 1. The Labute approximate surface area is 108 Å². The maximum absolute atomic E-state index is 12.2. The number of hydrogen-bond donors (Lipinski definition) is 1. The predicted molar refractivity (Wildman–Crippen MR) is 69.0 cm³/mol. The first-order chi connectivity index (χ1) is 8.64. The molecule has 2 rings (SSSR count). The number of nitrogens with two attached hydrogens (primary N) is 1. The molecule has 1 fully saturated rings. The van der Waals surface area contributed by atoms with Crippen molar-refractivity contribution in [3.8, 4) is 5.75 Å². The number of hydrogen-bond acceptors (Lipinski definition) is 4. The highest BCUT2D eigenvalue weighted by Crippen LogP contribution is 2.22. The molecular weight excluding hydrogens is 252 g/mol. The van der Waals surface area contributed by atoms with Crippen LogP contribution in [0.15, 0.2) is 29.2 Å². The van der Waals surface area contributed by atoms with Gasteiger partial charge in [-0.3, -0.25) is 0 Å². The lowest BCUT2D eigenvalue weighted by Crippen LogP contribution is -2.27. The van der Waals surface area contributed by atoms with Crippen molar-refractivity contribution in [2.24, 2.45) is 5.73 Å². The Morgan fingerprint density at radius 2 is 1.78 bits per heavy atom. The quantitative estimate of drug-likeness (QED) is 0.859. The molecular formula is C12H18N2O3S. The molecule has 100 valence electrons. The van der Waals surface area contributed by atoms with Gasteiger partial charge in [0.05, 0.1) is 4.90 Å². The van der Waals surface area contributed by atoms with Crippen LogP contribution in [0.5, 0.6) is 5.75 Å². The Morgan fingerprint density at radius 1 is 1.17 bits per heavy atom. The first kappa shape index (κ1) is 13.3.